The van der Waals surface area contributed by atoms with Crippen LogP contribution in [-0.2, 0) is 0 Å². The second kappa shape index (κ2) is 4.57. The number of benzene rings is 1. The van der Waals surface area contributed by atoms with E-state index in [0.29, 0.717) is 5.69 Å². The van der Waals surface area contributed by atoms with Gasteiger partial charge in [0.2, 0.25) is 0 Å². The normalized spacial score (nSPS) is 10.6. The number of hydrogen-bond acceptors (Lipinski definition) is 1. The van der Waals surface area contributed by atoms with Crippen LogP contribution in [-0.4, -0.2) is 9.78 Å². The summed E-state index contributed by atoms with van der Waals surface area (Å²) in [6.45, 7) is 1.90. The lowest BCUT2D eigenvalue weighted by atomic mass is 10.3. The third-order valence-corrected chi connectivity index (χ3v) is 3.03. The van der Waals surface area contributed by atoms with Gasteiger partial charge in [0.1, 0.15) is 5.69 Å². The molecule has 4 heteroatoms. The molecule has 0 radical (unpaired) electrons. The van der Waals surface area contributed by atoms with E-state index in [1.54, 1.807) is 4.68 Å². The van der Waals surface area contributed by atoms with Gasteiger partial charge in [-0.15, -0.1) is 0 Å². The number of pyridine rings is 1. The summed E-state index contributed by atoms with van der Waals surface area (Å²) in [7, 11) is 0. The van der Waals surface area contributed by atoms with Gasteiger partial charge in [-0.05, 0) is 19.1 Å². The van der Waals surface area contributed by atoms with E-state index < -0.39 is 0 Å². The molecule has 19 heavy (non-hydrogen) atoms. The Labute approximate surface area is 110 Å². The van der Waals surface area contributed by atoms with Crippen LogP contribution < -0.4 is 10.1 Å². The van der Waals surface area contributed by atoms with E-state index in [1.165, 1.54) is 0 Å². The zero-order valence-electron chi connectivity index (χ0n) is 10.6. The Kier molecular flexibility index (Phi) is 2.76. The molecule has 94 valence electrons. The molecule has 0 unspecified atom stereocenters. The second-order valence-electron chi connectivity index (χ2n) is 4.34. The van der Waals surface area contributed by atoms with Crippen LogP contribution in [0.15, 0.2) is 65.7 Å². The summed E-state index contributed by atoms with van der Waals surface area (Å²) in [6.07, 6.45) is 3.74. The Balaban J connectivity index is 2.20. The van der Waals surface area contributed by atoms with Crippen LogP contribution in [0.2, 0.25) is 0 Å². The number of aromatic amines is 1. The minimum absolute atomic E-state index is 0.0556. The molecule has 3 aromatic rings. The van der Waals surface area contributed by atoms with Crippen molar-refractivity contribution in [3.63, 3.8) is 0 Å². The van der Waals surface area contributed by atoms with E-state index in [-0.39, 0.29) is 5.56 Å². The van der Waals surface area contributed by atoms with Crippen molar-refractivity contribution in [3.8, 4) is 11.4 Å². The van der Waals surface area contributed by atoms with E-state index in [2.05, 4.69) is 5.10 Å². The molecular formula is C15H14N3O+. The van der Waals surface area contributed by atoms with Gasteiger partial charge in [0.05, 0.1) is 5.69 Å². The fourth-order valence-corrected chi connectivity index (χ4v) is 2.15. The van der Waals surface area contributed by atoms with Gasteiger partial charge in [0, 0.05) is 12.1 Å². The lowest BCUT2D eigenvalue weighted by Gasteiger charge is -1.98. The number of para-hydroxylation sites is 1. The highest BCUT2D eigenvalue weighted by atomic mass is 16.1. The average Bonchev–Trinajstić information content (AvgIpc) is 2.76. The van der Waals surface area contributed by atoms with Gasteiger partial charge in [-0.3, -0.25) is 9.89 Å². The molecule has 0 atom stereocenters. The molecule has 0 saturated carbocycles. The summed E-state index contributed by atoms with van der Waals surface area (Å²) in [4.78, 5) is 12.5. The maximum absolute atomic E-state index is 12.5. The topological polar surface area (TPSA) is 41.7 Å². The smallest absolute Gasteiger partial charge is 0.288 e. The van der Waals surface area contributed by atoms with Crippen molar-refractivity contribution in [2.45, 2.75) is 6.92 Å². The van der Waals surface area contributed by atoms with E-state index in [9.17, 15) is 4.79 Å². The maximum atomic E-state index is 12.5. The number of aryl methyl sites for hydroxylation is 1. The predicted octanol–water partition coefficient (Wildman–Crippen LogP) is 1.75. The van der Waals surface area contributed by atoms with Crippen LogP contribution >= 0.6 is 0 Å². The van der Waals surface area contributed by atoms with Gasteiger partial charge < -0.3 is 0 Å². The number of H-pyrrole nitrogens is 1. The molecule has 2 heterocycles. The van der Waals surface area contributed by atoms with Crippen molar-refractivity contribution in [1.29, 1.82) is 0 Å². The second-order valence-corrected chi connectivity index (χ2v) is 4.34. The minimum atomic E-state index is -0.0556. The number of aromatic nitrogens is 3. The van der Waals surface area contributed by atoms with Crippen molar-refractivity contribution < 1.29 is 4.57 Å². The van der Waals surface area contributed by atoms with Gasteiger partial charge in [0.25, 0.3) is 5.69 Å². The van der Waals surface area contributed by atoms with E-state index in [1.807, 2.05) is 72.4 Å². The van der Waals surface area contributed by atoms with Gasteiger partial charge in [-0.1, -0.05) is 24.3 Å². The number of hydrogen-bond donors (Lipinski definition) is 1. The van der Waals surface area contributed by atoms with Crippen molar-refractivity contribution in [2.24, 2.45) is 0 Å². The molecule has 0 aliphatic carbocycles. The van der Waals surface area contributed by atoms with Gasteiger partial charge >= 0.3 is 5.56 Å². The minimum Gasteiger partial charge on any atom is -0.288 e. The van der Waals surface area contributed by atoms with Gasteiger partial charge in [0.15, 0.2) is 12.4 Å². The Bertz CT molecular complexity index is 742. The molecule has 0 fully saturated rings. The Morgan fingerprint density at radius 1 is 1.00 bits per heavy atom. The van der Waals surface area contributed by atoms with Crippen LogP contribution in [0, 0.1) is 6.92 Å². The molecule has 0 aliphatic heterocycles. The van der Waals surface area contributed by atoms with Crippen molar-refractivity contribution in [3.05, 3.63) is 77.0 Å². The van der Waals surface area contributed by atoms with E-state index >= 15 is 0 Å². The van der Waals surface area contributed by atoms with Crippen LogP contribution in [0.25, 0.3) is 11.4 Å². The lowest BCUT2D eigenvalue weighted by Crippen LogP contribution is -2.36. The molecule has 3 rings (SSSR count). The Morgan fingerprint density at radius 2 is 1.63 bits per heavy atom. The highest BCUT2D eigenvalue weighted by molar-refractivity contribution is 5.34. The fraction of sp³-hybridized carbons (Fsp3) is 0.0667. The molecule has 0 amide bonds. The summed E-state index contributed by atoms with van der Waals surface area (Å²) in [5.74, 6) is 0. The van der Waals surface area contributed by atoms with Crippen molar-refractivity contribution in [2.75, 3.05) is 0 Å². The molecule has 0 saturated heterocycles. The number of nitrogens with one attached hydrogen (secondary N) is 1. The summed E-state index contributed by atoms with van der Waals surface area (Å²) in [6, 6.07) is 15.3. The molecule has 1 aromatic carbocycles. The third-order valence-electron chi connectivity index (χ3n) is 3.03. The van der Waals surface area contributed by atoms with Crippen LogP contribution in [0.1, 0.15) is 5.69 Å². The first-order valence-electron chi connectivity index (χ1n) is 6.11. The third kappa shape index (κ3) is 1.97. The lowest BCUT2D eigenvalue weighted by molar-refractivity contribution is -0.597. The first-order valence-corrected chi connectivity index (χ1v) is 6.11. The summed E-state index contributed by atoms with van der Waals surface area (Å²) in [5, 5.41) is 3.11. The fourth-order valence-electron chi connectivity index (χ4n) is 2.15. The molecule has 0 bridgehead atoms. The highest BCUT2D eigenvalue weighted by Gasteiger charge is 2.20. The maximum Gasteiger partial charge on any atom is 0.344 e. The highest BCUT2D eigenvalue weighted by Crippen LogP contribution is 2.06. The number of nitrogens with zero attached hydrogens (tertiary/aromatic N) is 2. The summed E-state index contributed by atoms with van der Waals surface area (Å²) < 4.78 is 3.39. The van der Waals surface area contributed by atoms with Crippen LogP contribution in [0.4, 0.5) is 0 Å². The summed E-state index contributed by atoms with van der Waals surface area (Å²) >= 11 is 0. The predicted molar refractivity (Wildman–Crippen MR) is 72.7 cm³/mol. The molecule has 0 spiro atoms. The van der Waals surface area contributed by atoms with Crippen LogP contribution in [0.5, 0.6) is 0 Å². The summed E-state index contributed by atoms with van der Waals surface area (Å²) in [5.41, 5.74) is 2.26. The van der Waals surface area contributed by atoms with Gasteiger partial charge in [-0.25, -0.2) is 4.68 Å². The monoisotopic (exact) mass is 252 g/mol. The average molecular weight is 252 g/mol. The molecular weight excluding hydrogens is 238 g/mol. The molecule has 2 aromatic heterocycles. The Hall–Kier alpha value is -2.62. The van der Waals surface area contributed by atoms with E-state index in [0.717, 1.165) is 11.4 Å². The quantitative estimate of drug-likeness (QED) is 0.694. The van der Waals surface area contributed by atoms with Crippen molar-refractivity contribution in [1.82, 2.24) is 9.78 Å². The number of rotatable bonds is 2. The van der Waals surface area contributed by atoms with Gasteiger partial charge in [-0.2, -0.15) is 4.57 Å². The standard InChI is InChI=1S/C15H13N3O/c1-12-14(17-10-6-3-7-11-17)15(19)18(16-12)13-8-4-2-5-9-13/h2-11H,1H3/p+1. The first-order chi connectivity index (χ1) is 9.27. The largest absolute Gasteiger partial charge is 0.344 e. The molecule has 1 N–H and O–H groups in total. The zero-order chi connectivity index (χ0) is 13.2. The van der Waals surface area contributed by atoms with Crippen LogP contribution in [0.3, 0.4) is 0 Å². The molecule has 4 nitrogen and oxygen atoms in total. The van der Waals surface area contributed by atoms with Crippen molar-refractivity contribution >= 4 is 0 Å². The SMILES string of the molecule is Cc1[nH]n(-c2ccccc2)c(=O)c1-[n+]1ccccc1. The first kappa shape index (κ1) is 11.5. The molecule has 0 aliphatic rings. The Morgan fingerprint density at radius 3 is 2.32 bits per heavy atom. The van der Waals surface area contributed by atoms with E-state index in [4.69, 9.17) is 0 Å². The zero-order valence-corrected chi connectivity index (χ0v) is 10.6.